The smallest absolute Gasteiger partial charge is 0.433 e. The van der Waals surface area contributed by atoms with E-state index in [2.05, 4.69) is 22.0 Å². The topological polar surface area (TPSA) is 82.9 Å². The van der Waals surface area contributed by atoms with Crippen LogP contribution in [0.25, 0.3) is 21.0 Å². The second-order valence-corrected chi connectivity index (χ2v) is 7.60. The highest BCUT2D eigenvalue weighted by molar-refractivity contribution is 7.20. The minimum atomic E-state index is -4.84. The lowest BCUT2D eigenvalue weighted by Crippen LogP contribution is -2.19. The Balaban J connectivity index is 1.83. The van der Waals surface area contributed by atoms with Crippen molar-refractivity contribution < 1.29 is 18.3 Å². The lowest BCUT2D eigenvalue weighted by atomic mass is 10.1. The van der Waals surface area contributed by atoms with Crippen LogP contribution in [0.2, 0.25) is 0 Å². The maximum atomic E-state index is 13.7. The Morgan fingerprint density at radius 3 is 2.70 bits per heavy atom. The third-order valence-corrected chi connectivity index (χ3v) is 5.41. The van der Waals surface area contributed by atoms with E-state index >= 15 is 0 Å². The summed E-state index contributed by atoms with van der Waals surface area (Å²) < 4.78 is 42.5. The van der Waals surface area contributed by atoms with E-state index in [0.717, 1.165) is 26.3 Å². The number of H-pyrrole nitrogens is 1. The number of phenolic OH excluding ortho intramolecular Hbond substituents is 1. The van der Waals surface area contributed by atoms with Crippen LogP contribution in [0.5, 0.6) is 5.75 Å². The summed E-state index contributed by atoms with van der Waals surface area (Å²) in [7, 11) is 0. The molecule has 2 heterocycles. The summed E-state index contributed by atoms with van der Waals surface area (Å²) in [6.45, 7) is 5.36. The number of aromatic hydroxyl groups is 1. The average Bonchev–Trinajstić information content (AvgIpc) is 3.25. The quantitative estimate of drug-likeness (QED) is 0.401. The Bertz CT molecular complexity index is 1300. The number of aromatic nitrogens is 3. The van der Waals surface area contributed by atoms with Crippen molar-refractivity contribution in [2.24, 2.45) is 0 Å². The monoisotopic (exact) mass is 432 g/mol. The number of nitrogens with one attached hydrogen (secondary N) is 2. The van der Waals surface area contributed by atoms with Crippen molar-refractivity contribution in [1.82, 2.24) is 14.8 Å². The number of halogens is 3. The number of para-hydroxylation sites is 1. The van der Waals surface area contributed by atoms with Gasteiger partial charge in [-0.2, -0.15) is 17.9 Å². The van der Waals surface area contributed by atoms with E-state index in [4.69, 9.17) is 0 Å². The normalized spacial score (nSPS) is 11.7. The summed E-state index contributed by atoms with van der Waals surface area (Å²) >= 11 is 1.08. The number of hydrogen-bond donors (Lipinski definition) is 3. The lowest BCUT2D eigenvalue weighted by Gasteiger charge is -2.12. The molecule has 30 heavy (non-hydrogen) atoms. The summed E-state index contributed by atoms with van der Waals surface area (Å²) in [5.41, 5.74) is -1.72. The second-order valence-electron chi connectivity index (χ2n) is 6.59. The fraction of sp³-hybridized carbons (Fsp3) is 0.100. The molecule has 4 aromatic rings. The highest BCUT2D eigenvalue weighted by Crippen LogP contribution is 2.34. The molecule has 10 heteroatoms. The van der Waals surface area contributed by atoms with Crippen molar-refractivity contribution in [2.75, 3.05) is 5.32 Å². The maximum Gasteiger partial charge on any atom is 0.433 e. The van der Waals surface area contributed by atoms with Gasteiger partial charge in [0, 0.05) is 5.70 Å². The highest BCUT2D eigenvalue weighted by atomic mass is 32.1. The number of benzene rings is 2. The first-order valence-corrected chi connectivity index (χ1v) is 9.51. The number of phenols is 1. The van der Waals surface area contributed by atoms with E-state index in [0.29, 0.717) is 5.52 Å². The van der Waals surface area contributed by atoms with Crippen molar-refractivity contribution in [3.63, 3.8) is 0 Å². The van der Waals surface area contributed by atoms with Crippen LogP contribution in [0.3, 0.4) is 0 Å². The summed E-state index contributed by atoms with van der Waals surface area (Å²) in [6.07, 6.45) is -4.84. The molecule has 0 atom stereocenters. The third kappa shape index (κ3) is 3.45. The van der Waals surface area contributed by atoms with Crippen molar-refractivity contribution in [1.29, 1.82) is 0 Å². The molecule has 0 aliphatic rings. The largest absolute Gasteiger partial charge is 0.506 e. The zero-order valence-electron chi connectivity index (χ0n) is 15.5. The van der Waals surface area contributed by atoms with E-state index in [1.807, 2.05) is 0 Å². The van der Waals surface area contributed by atoms with Crippen molar-refractivity contribution >= 4 is 32.9 Å². The molecule has 6 nitrogen and oxygen atoms in total. The third-order valence-electron chi connectivity index (χ3n) is 4.39. The van der Waals surface area contributed by atoms with E-state index in [1.54, 1.807) is 37.3 Å². The molecule has 0 aliphatic carbocycles. The van der Waals surface area contributed by atoms with E-state index in [1.165, 1.54) is 12.1 Å². The van der Waals surface area contributed by atoms with Gasteiger partial charge in [-0.25, -0.2) is 4.98 Å². The number of fused-ring (bicyclic) bond motifs is 1. The van der Waals surface area contributed by atoms with Gasteiger partial charge in [0.25, 0.3) is 5.56 Å². The van der Waals surface area contributed by atoms with Gasteiger partial charge in [-0.05, 0) is 36.8 Å². The first-order chi connectivity index (χ1) is 14.1. The van der Waals surface area contributed by atoms with Gasteiger partial charge in [-0.1, -0.05) is 36.1 Å². The Morgan fingerprint density at radius 1 is 1.27 bits per heavy atom. The Labute approximate surface area is 171 Å². The molecule has 0 saturated heterocycles. The molecule has 2 aromatic carbocycles. The standard InChI is InChI=1S/C20H15F3N4O2S/c1-10-7-8-14(28)13(9-10)24-11(2)16-17(20(21,22)23)26-27(18(16)29)19-25-12-5-3-4-6-15(12)30-19/h3-9,24,26,28H,2H2,1H3. The summed E-state index contributed by atoms with van der Waals surface area (Å²) in [5, 5.41) is 14.8. The highest BCUT2D eigenvalue weighted by Gasteiger charge is 2.39. The molecule has 0 radical (unpaired) electrons. The summed E-state index contributed by atoms with van der Waals surface area (Å²) in [4.78, 5) is 17.2. The molecule has 0 amide bonds. The van der Waals surface area contributed by atoms with Crippen molar-refractivity contribution in [3.8, 4) is 10.9 Å². The number of rotatable bonds is 4. The molecule has 0 fully saturated rings. The van der Waals surface area contributed by atoms with Crippen LogP contribution in [0.1, 0.15) is 16.8 Å². The molecule has 4 rings (SSSR count). The average molecular weight is 432 g/mol. The molecule has 2 aromatic heterocycles. The molecule has 0 spiro atoms. The van der Waals surface area contributed by atoms with Crippen molar-refractivity contribution in [2.45, 2.75) is 13.1 Å². The van der Waals surface area contributed by atoms with Crippen LogP contribution in [0, 0.1) is 6.92 Å². The number of aryl methyl sites for hydroxylation is 1. The SMILES string of the molecule is C=C(Nc1cc(C)ccc1O)c1c(C(F)(F)F)[nH]n(-c2nc3ccccc3s2)c1=O. The van der Waals surface area contributed by atoms with E-state index < -0.39 is 23.0 Å². The van der Waals surface area contributed by atoms with Crippen LogP contribution < -0.4 is 10.9 Å². The predicted octanol–water partition coefficient (Wildman–Crippen LogP) is 4.89. The van der Waals surface area contributed by atoms with Gasteiger partial charge >= 0.3 is 6.18 Å². The molecular weight excluding hydrogens is 417 g/mol. The van der Waals surface area contributed by atoms with Gasteiger partial charge in [-0.15, -0.1) is 0 Å². The maximum absolute atomic E-state index is 13.7. The van der Waals surface area contributed by atoms with Gasteiger partial charge in [0.05, 0.1) is 21.5 Å². The Kier molecular flexibility index (Phi) is 4.65. The number of aromatic amines is 1. The molecule has 154 valence electrons. The molecule has 0 bridgehead atoms. The first-order valence-electron chi connectivity index (χ1n) is 8.69. The number of nitrogens with zero attached hydrogens (tertiary/aromatic N) is 2. The number of anilines is 1. The van der Waals surface area contributed by atoms with E-state index in [9.17, 15) is 23.1 Å². The minimum Gasteiger partial charge on any atom is -0.506 e. The summed E-state index contributed by atoms with van der Waals surface area (Å²) in [5.74, 6) is -0.183. The van der Waals surface area contributed by atoms with Crippen molar-refractivity contribution in [3.05, 3.63) is 76.2 Å². The van der Waals surface area contributed by atoms with Crippen LogP contribution in [-0.4, -0.2) is 19.9 Å². The van der Waals surface area contributed by atoms with Crippen LogP contribution in [-0.2, 0) is 6.18 Å². The molecule has 0 unspecified atom stereocenters. The molecule has 0 aliphatic heterocycles. The van der Waals surface area contributed by atoms with Gasteiger partial charge in [-0.3, -0.25) is 9.89 Å². The number of alkyl halides is 3. The van der Waals surface area contributed by atoms with E-state index in [-0.39, 0.29) is 22.3 Å². The number of thiazole rings is 1. The second kappa shape index (κ2) is 7.06. The fourth-order valence-electron chi connectivity index (χ4n) is 2.99. The van der Waals surface area contributed by atoms with Gasteiger partial charge < -0.3 is 10.4 Å². The van der Waals surface area contributed by atoms with Crippen LogP contribution >= 0.6 is 11.3 Å². The van der Waals surface area contributed by atoms with Gasteiger partial charge in [0.1, 0.15) is 5.75 Å². The van der Waals surface area contributed by atoms with Crippen LogP contribution in [0.15, 0.2) is 53.8 Å². The predicted molar refractivity (Wildman–Crippen MR) is 110 cm³/mol. The molecular formula is C20H15F3N4O2S. The van der Waals surface area contributed by atoms with Crippen LogP contribution in [0.4, 0.5) is 18.9 Å². The Morgan fingerprint density at radius 2 is 2.00 bits per heavy atom. The molecule has 3 N–H and O–H groups in total. The number of hydrogen-bond acceptors (Lipinski definition) is 5. The molecule has 0 saturated carbocycles. The fourth-order valence-corrected chi connectivity index (χ4v) is 3.91. The first kappa shape index (κ1) is 19.8. The summed E-state index contributed by atoms with van der Waals surface area (Å²) in [6, 6.07) is 11.6. The lowest BCUT2D eigenvalue weighted by molar-refractivity contribution is -0.141. The Hall–Kier alpha value is -3.53. The minimum absolute atomic E-state index is 0.0733. The van der Waals surface area contributed by atoms with Gasteiger partial charge in [0.2, 0.25) is 5.13 Å². The zero-order valence-corrected chi connectivity index (χ0v) is 16.4. The van der Waals surface area contributed by atoms with Gasteiger partial charge in [0.15, 0.2) is 5.69 Å². The zero-order chi connectivity index (χ0) is 21.6.